The van der Waals surface area contributed by atoms with Gasteiger partial charge in [0.1, 0.15) is 0 Å². The molecule has 0 aliphatic rings. The molecule has 4 heteroatoms. The van der Waals surface area contributed by atoms with Crippen molar-refractivity contribution in [1.29, 1.82) is 0 Å². The fourth-order valence-electron chi connectivity index (χ4n) is 3.35. The van der Waals surface area contributed by atoms with Crippen LogP contribution in [0.1, 0.15) is 56.9 Å². The van der Waals surface area contributed by atoms with Crippen LogP contribution in [-0.2, 0) is 20.4 Å². The number of rotatable bonds is 7. The summed E-state index contributed by atoms with van der Waals surface area (Å²) in [5, 5.41) is 4.76. The number of aliphatic imine (C=N–C) groups is 1. The van der Waals surface area contributed by atoms with Gasteiger partial charge in [-0.3, -0.25) is 4.99 Å². The van der Waals surface area contributed by atoms with Crippen molar-refractivity contribution in [3.05, 3.63) is 83.2 Å². The van der Waals surface area contributed by atoms with Crippen molar-refractivity contribution in [2.45, 2.75) is 62.3 Å². The molecule has 0 aromatic heterocycles. The average molecular weight is 545 g/mol. The fraction of sp³-hybridized carbons (Fsp3) is 0.429. The van der Waals surface area contributed by atoms with E-state index in [4.69, 9.17) is 10.3 Å². The van der Waals surface area contributed by atoms with Crippen molar-refractivity contribution in [2.24, 2.45) is 4.99 Å². The Morgan fingerprint density at radius 1 is 0.812 bits per heavy atom. The van der Waals surface area contributed by atoms with Gasteiger partial charge in [0.2, 0.25) is 0 Å². The van der Waals surface area contributed by atoms with Crippen LogP contribution >= 0.6 is 7.92 Å². The summed E-state index contributed by atoms with van der Waals surface area (Å²) in [6, 6.07) is 12.5. The summed E-state index contributed by atoms with van der Waals surface area (Å²) in [4.78, 5) is 4.76. The fourth-order valence-corrected chi connectivity index (χ4v) is 4.70. The molecule has 0 saturated heterocycles. The molecule has 0 fully saturated rings. The van der Waals surface area contributed by atoms with E-state index in [0.717, 1.165) is 22.8 Å². The van der Waals surface area contributed by atoms with Gasteiger partial charge in [0.05, 0.1) is 5.69 Å². The van der Waals surface area contributed by atoms with Gasteiger partial charge in [0.25, 0.3) is 0 Å². The average Bonchev–Trinajstić information content (AvgIpc) is 2.70. The molecule has 32 heavy (non-hydrogen) atoms. The van der Waals surface area contributed by atoms with Crippen LogP contribution in [0.5, 0.6) is 0 Å². The van der Waals surface area contributed by atoms with Gasteiger partial charge in [-0.15, -0.1) is 13.6 Å². The monoisotopic (exact) mass is 544 g/mol. The molecule has 0 atom stereocenters. The third kappa shape index (κ3) is 11.1. The number of benzene rings is 2. The second kappa shape index (κ2) is 17.2. The van der Waals surface area contributed by atoms with Gasteiger partial charge < -0.3 is 12.7 Å². The Balaban J connectivity index is 0. The zero-order valence-electron chi connectivity index (χ0n) is 21.8. The van der Waals surface area contributed by atoms with Gasteiger partial charge in [-0.1, -0.05) is 81.3 Å². The van der Waals surface area contributed by atoms with Gasteiger partial charge in [0.15, 0.2) is 0 Å². The third-order valence-electron chi connectivity index (χ3n) is 5.21. The van der Waals surface area contributed by atoms with E-state index in [0.29, 0.717) is 7.92 Å². The zero-order chi connectivity index (χ0) is 22.7. The van der Waals surface area contributed by atoms with Crippen LogP contribution < -0.4 is 0 Å². The van der Waals surface area contributed by atoms with E-state index in [1.54, 1.807) is 0 Å². The number of hydrogen-bond acceptors (Lipinski definition) is 1. The Labute approximate surface area is 213 Å². The largest absolute Gasteiger partial charge is 2.00 e. The SMILES string of the molecule is CC(=CC(C)=Nc1c(C)cccc1C)[N-]c1c(C)cccc1C.CCP(CC)CC.[CH3-].[Pd+2]. The Morgan fingerprint density at radius 3 is 1.59 bits per heavy atom. The van der Waals surface area contributed by atoms with Crippen molar-refractivity contribution in [2.75, 3.05) is 18.5 Å². The number of allylic oxidation sites excluding steroid dienone is 2. The Hall–Kier alpha value is -1.26. The predicted octanol–water partition coefficient (Wildman–Crippen LogP) is 9.60. The second-order valence-corrected chi connectivity index (χ2v) is 11.0. The van der Waals surface area contributed by atoms with Crippen LogP contribution in [0.25, 0.3) is 5.32 Å². The van der Waals surface area contributed by atoms with E-state index in [1.165, 1.54) is 40.7 Å². The Bertz CT molecular complexity index is 822. The molecular formula is C28H43N2PPd. The molecule has 0 saturated carbocycles. The minimum absolute atomic E-state index is 0. The van der Waals surface area contributed by atoms with E-state index in [2.05, 4.69) is 84.9 Å². The normalized spacial score (nSPS) is 11.2. The minimum Gasteiger partial charge on any atom is -0.661 e. The van der Waals surface area contributed by atoms with E-state index < -0.39 is 0 Å². The zero-order valence-corrected chi connectivity index (χ0v) is 24.3. The molecule has 0 bridgehead atoms. The molecule has 0 aliphatic carbocycles. The van der Waals surface area contributed by atoms with Gasteiger partial charge >= 0.3 is 20.4 Å². The minimum atomic E-state index is 0. The molecule has 0 aliphatic heterocycles. The summed E-state index contributed by atoms with van der Waals surface area (Å²) in [6.07, 6.45) is 6.30. The van der Waals surface area contributed by atoms with Crippen molar-refractivity contribution >= 4 is 25.0 Å². The molecule has 2 nitrogen and oxygen atoms in total. The van der Waals surface area contributed by atoms with Gasteiger partial charge in [-0.25, -0.2) is 0 Å². The van der Waals surface area contributed by atoms with Crippen LogP contribution in [0, 0.1) is 35.1 Å². The number of nitrogens with zero attached hydrogens (tertiary/aromatic N) is 2. The Kier molecular flexibility index (Phi) is 17.7. The first-order valence-corrected chi connectivity index (χ1v) is 12.9. The van der Waals surface area contributed by atoms with Crippen LogP contribution in [0.4, 0.5) is 11.4 Å². The van der Waals surface area contributed by atoms with Crippen molar-refractivity contribution in [3.63, 3.8) is 0 Å². The second-order valence-electron chi connectivity index (χ2n) is 7.75. The van der Waals surface area contributed by atoms with Crippen molar-refractivity contribution in [3.8, 4) is 0 Å². The number of hydrogen-bond donors (Lipinski definition) is 0. The first-order chi connectivity index (χ1) is 14.2. The van der Waals surface area contributed by atoms with Crippen molar-refractivity contribution in [1.82, 2.24) is 0 Å². The van der Waals surface area contributed by atoms with E-state index in [-0.39, 0.29) is 27.8 Å². The molecule has 0 heterocycles. The molecule has 2 aromatic carbocycles. The first-order valence-electron chi connectivity index (χ1n) is 11.0. The van der Waals surface area contributed by atoms with Gasteiger partial charge in [-0.2, -0.15) is 5.70 Å². The van der Waals surface area contributed by atoms with E-state index in [1.807, 2.05) is 19.9 Å². The summed E-state index contributed by atoms with van der Waals surface area (Å²) in [5.74, 6) is 0. The van der Waals surface area contributed by atoms with Crippen LogP contribution in [-0.4, -0.2) is 24.2 Å². The standard InChI is InChI=1S/C21H25N2.C6H15P.CH3.Pd/c1-14-9-7-10-15(2)20(14)22-18(5)13-19(6)23-21-16(3)11-8-12-17(21)4;1-4-7(5-2)6-3;;/h7-13H,1-6H3;4-6H2,1-3H3;1H3;/q-1;;-1;+2. The number of para-hydroxylation sites is 2. The maximum Gasteiger partial charge on any atom is 2.00 e. The summed E-state index contributed by atoms with van der Waals surface area (Å²) in [5.41, 5.74) is 8.83. The maximum atomic E-state index is 4.76. The molecule has 2 aromatic rings. The molecule has 2 rings (SSSR count). The maximum absolute atomic E-state index is 4.76. The first kappa shape index (κ1) is 32.9. The van der Waals surface area contributed by atoms with Crippen molar-refractivity contribution < 1.29 is 20.4 Å². The predicted molar refractivity (Wildman–Crippen MR) is 146 cm³/mol. The molecule has 0 spiro atoms. The molecule has 0 amide bonds. The summed E-state index contributed by atoms with van der Waals surface area (Å²) in [6.45, 7) is 19.3. The molecule has 0 unspecified atom stereocenters. The van der Waals surface area contributed by atoms with Crippen LogP contribution in [0.3, 0.4) is 0 Å². The van der Waals surface area contributed by atoms with E-state index in [9.17, 15) is 0 Å². The smallest absolute Gasteiger partial charge is 0.661 e. The topological polar surface area (TPSA) is 26.5 Å². The molecule has 0 radical (unpaired) electrons. The van der Waals surface area contributed by atoms with E-state index >= 15 is 0 Å². The summed E-state index contributed by atoms with van der Waals surface area (Å²) < 4.78 is 0. The van der Waals surface area contributed by atoms with Gasteiger partial charge in [-0.05, 0) is 64.2 Å². The summed E-state index contributed by atoms with van der Waals surface area (Å²) >= 11 is 0. The molecule has 0 N–H and O–H groups in total. The molecular weight excluding hydrogens is 502 g/mol. The van der Waals surface area contributed by atoms with Crippen LogP contribution in [0.2, 0.25) is 0 Å². The number of aryl methyl sites for hydroxylation is 4. The quantitative estimate of drug-likeness (QED) is 0.143. The molecule has 180 valence electrons. The summed E-state index contributed by atoms with van der Waals surface area (Å²) in [7, 11) is 0.446. The third-order valence-corrected chi connectivity index (χ3v) is 7.90. The van der Waals surface area contributed by atoms with Crippen LogP contribution in [0.15, 0.2) is 53.2 Å². The Morgan fingerprint density at radius 2 is 1.22 bits per heavy atom. The van der Waals surface area contributed by atoms with Gasteiger partial charge in [0, 0.05) is 5.71 Å².